The van der Waals surface area contributed by atoms with Gasteiger partial charge in [0.2, 0.25) is 17.8 Å². The third kappa shape index (κ3) is 5.08. The van der Waals surface area contributed by atoms with E-state index < -0.39 is 0 Å². The number of halogens is 1. The van der Waals surface area contributed by atoms with Crippen molar-refractivity contribution in [2.45, 2.75) is 13.0 Å². The first-order valence-electron chi connectivity index (χ1n) is 7.70. The fourth-order valence-corrected chi connectivity index (χ4v) is 2.08. The molecule has 0 bridgehead atoms. The number of carbonyl (C=O) groups excluding carboxylic acids is 1. The smallest absolute Gasteiger partial charge is 0.238 e. The number of nitrogen functional groups attached to an aromatic ring is 1. The summed E-state index contributed by atoms with van der Waals surface area (Å²) in [5.74, 6) is 0.486. The van der Waals surface area contributed by atoms with Gasteiger partial charge in [-0.2, -0.15) is 15.0 Å². The van der Waals surface area contributed by atoms with Crippen molar-refractivity contribution in [3.8, 4) is 0 Å². The molecular formula is C16H22FN7O. The highest BCUT2D eigenvalue weighted by Crippen LogP contribution is 2.17. The van der Waals surface area contributed by atoms with Crippen LogP contribution in [0.4, 0.5) is 22.0 Å². The Morgan fingerprint density at radius 1 is 1.20 bits per heavy atom. The molecule has 0 saturated carbocycles. The highest BCUT2D eigenvalue weighted by molar-refractivity contribution is 5.92. The third-order valence-electron chi connectivity index (χ3n) is 3.61. The fraction of sp³-hybridized carbons (Fsp3) is 0.375. The Morgan fingerprint density at radius 3 is 2.44 bits per heavy atom. The molecule has 2 aromatic rings. The summed E-state index contributed by atoms with van der Waals surface area (Å²) < 4.78 is 12.9. The largest absolute Gasteiger partial charge is 0.368 e. The highest BCUT2D eigenvalue weighted by Gasteiger charge is 2.19. The number of hydrogen-bond donors (Lipinski definition) is 2. The molecule has 8 nitrogen and oxygen atoms in total. The molecule has 2 rings (SSSR count). The molecule has 0 aliphatic rings. The Bertz CT molecular complexity index is 736. The van der Waals surface area contributed by atoms with Gasteiger partial charge in [-0.25, -0.2) is 4.39 Å². The summed E-state index contributed by atoms with van der Waals surface area (Å²) in [5.41, 5.74) is 6.27. The second-order valence-corrected chi connectivity index (χ2v) is 5.89. The van der Waals surface area contributed by atoms with Gasteiger partial charge in [-0.3, -0.25) is 9.69 Å². The summed E-state index contributed by atoms with van der Waals surface area (Å²) in [6, 6.07) is 5.35. The van der Waals surface area contributed by atoms with E-state index in [2.05, 4.69) is 20.3 Å². The maximum atomic E-state index is 12.9. The Hall–Kier alpha value is -2.81. The van der Waals surface area contributed by atoms with Gasteiger partial charge in [0, 0.05) is 19.8 Å². The zero-order chi connectivity index (χ0) is 18.6. The van der Waals surface area contributed by atoms with E-state index >= 15 is 0 Å². The minimum absolute atomic E-state index is 0.113. The molecule has 0 spiro atoms. The maximum absolute atomic E-state index is 12.9. The van der Waals surface area contributed by atoms with Crippen molar-refractivity contribution in [1.29, 1.82) is 0 Å². The molecule has 1 atom stereocenters. The zero-order valence-corrected chi connectivity index (χ0v) is 14.7. The molecule has 134 valence electrons. The molecular weight excluding hydrogens is 325 g/mol. The quantitative estimate of drug-likeness (QED) is 0.812. The fourth-order valence-electron chi connectivity index (χ4n) is 2.08. The second kappa shape index (κ2) is 7.84. The number of nitrogens with two attached hydrogens (primary N) is 1. The third-order valence-corrected chi connectivity index (χ3v) is 3.61. The molecule has 0 radical (unpaired) electrons. The predicted molar refractivity (Wildman–Crippen MR) is 94.6 cm³/mol. The second-order valence-electron chi connectivity index (χ2n) is 5.89. The van der Waals surface area contributed by atoms with Crippen LogP contribution in [0.2, 0.25) is 0 Å². The number of anilines is 3. The number of nitrogens with one attached hydrogen (secondary N) is 1. The lowest BCUT2D eigenvalue weighted by Crippen LogP contribution is -2.33. The number of benzene rings is 1. The van der Waals surface area contributed by atoms with Gasteiger partial charge in [-0.05, 0) is 38.2 Å². The van der Waals surface area contributed by atoms with Crippen LogP contribution in [0.3, 0.4) is 0 Å². The summed E-state index contributed by atoms with van der Waals surface area (Å²) in [6.45, 7) is 1.99. The molecule has 25 heavy (non-hydrogen) atoms. The lowest BCUT2D eigenvalue weighted by atomic mass is 10.2. The number of nitrogens with zero attached hydrogens (tertiary/aromatic N) is 5. The van der Waals surface area contributed by atoms with E-state index in [0.29, 0.717) is 17.5 Å². The molecule has 0 aliphatic heterocycles. The van der Waals surface area contributed by atoms with Crippen LogP contribution >= 0.6 is 0 Å². The van der Waals surface area contributed by atoms with Gasteiger partial charge in [0.15, 0.2) is 5.82 Å². The number of amides is 1. The highest BCUT2D eigenvalue weighted by atomic mass is 19.1. The summed E-state index contributed by atoms with van der Waals surface area (Å²) in [5, 5.41) is 2.71. The van der Waals surface area contributed by atoms with Crippen LogP contribution < -0.4 is 16.0 Å². The lowest BCUT2D eigenvalue weighted by molar-refractivity contribution is -0.117. The molecule has 1 amide bonds. The first-order valence-corrected chi connectivity index (χ1v) is 7.70. The average Bonchev–Trinajstić information content (AvgIpc) is 2.55. The molecule has 0 saturated heterocycles. The van der Waals surface area contributed by atoms with Crippen LogP contribution in [0.25, 0.3) is 0 Å². The minimum atomic E-state index is -0.354. The van der Waals surface area contributed by atoms with Gasteiger partial charge < -0.3 is 16.0 Å². The molecule has 9 heteroatoms. The van der Waals surface area contributed by atoms with Crippen LogP contribution in [-0.2, 0) is 4.79 Å². The van der Waals surface area contributed by atoms with Crippen molar-refractivity contribution in [3.63, 3.8) is 0 Å². The van der Waals surface area contributed by atoms with Gasteiger partial charge in [0.25, 0.3) is 0 Å². The Morgan fingerprint density at radius 2 is 1.84 bits per heavy atom. The molecule has 0 fully saturated rings. The predicted octanol–water partition coefficient (Wildman–Crippen LogP) is 1.29. The zero-order valence-electron chi connectivity index (χ0n) is 14.7. The molecule has 1 aromatic carbocycles. The van der Waals surface area contributed by atoms with Gasteiger partial charge in [-0.1, -0.05) is 0 Å². The molecule has 3 N–H and O–H groups in total. The van der Waals surface area contributed by atoms with Crippen molar-refractivity contribution in [3.05, 3.63) is 35.9 Å². The first kappa shape index (κ1) is 18.5. The van der Waals surface area contributed by atoms with Crippen LogP contribution in [0.5, 0.6) is 0 Å². The van der Waals surface area contributed by atoms with Crippen LogP contribution in [0.1, 0.15) is 18.8 Å². The van der Waals surface area contributed by atoms with E-state index in [4.69, 9.17) is 5.73 Å². The van der Waals surface area contributed by atoms with Crippen molar-refractivity contribution >= 4 is 23.5 Å². The van der Waals surface area contributed by atoms with Crippen LogP contribution in [0, 0.1) is 5.82 Å². The van der Waals surface area contributed by atoms with Crippen LogP contribution in [0.15, 0.2) is 24.3 Å². The van der Waals surface area contributed by atoms with E-state index in [-0.39, 0.29) is 30.3 Å². The van der Waals surface area contributed by atoms with Crippen molar-refractivity contribution in [2.24, 2.45) is 0 Å². The van der Waals surface area contributed by atoms with E-state index in [9.17, 15) is 9.18 Å². The normalized spacial score (nSPS) is 12.1. The van der Waals surface area contributed by atoms with E-state index in [0.717, 1.165) is 0 Å². The van der Waals surface area contributed by atoms with E-state index in [1.807, 2.05) is 21.0 Å². The summed E-state index contributed by atoms with van der Waals surface area (Å²) >= 11 is 0. The summed E-state index contributed by atoms with van der Waals surface area (Å²) in [7, 11) is 5.40. The number of aromatic nitrogens is 3. The van der Waals surface area contributed by atoms with Gasteiger partial charge in [0.1, 0.15) is 5.82 Å². The topological polar surface area (TPSA) is 100 Å². The number of carbonyl (C=O) groups is 1. The molecule has 1 aromatic heterocycles. The monoisotopic (exact) mass is 347 g/mol. The van der Waals surface area contributed by atoms with Crippen molar-refractivity contribution in [1.82, 2.24) is 19.9 Å². The van der Waals surface area contributed by atoms with Crippen molar-refractivity contribution < 1.29 is 9.18 Å². The Labute approximate surface area is 145 Å². The molecule has 0 aliphatic carbocycles. The van der Waals surface area contributed by atoms with E-state index in [1.165, 1.54) is 24.3 Å². The van der Waals surface area contributed by atoms with Gasteiger partial charge >= 0.3 is 0 Å². The SMILES string of the molecule is C[C@@H](c1nc(N)nc(N(C)C)n1)N(C)CC(=O)Nc1ccc(F)cc1. The minimum Gasteiger partial charge on any atom is -0.368 e. The molecule has 0 unspecified atom stereocenters. The van der Waals surface area contributed by atoms with Gasteiger partial charge in [-0.15, -0.1) is 0 Å². The summed E-state index contributed by atoms with van der Waals surface area (Å²) in [6.07, 6.45) is 0. The molecule has 1 heterocycles. The summed E-state index contributed by atoms with van der Waals surface area (Å²) in [4.78, 5) is 28.2. The van der Waals surface area contributed by atoms with E-state index in [1.54, 1.807) is 16.8 Å². The van der Waals surface area contributed by atoms with Crippen LogP contribution in [-0.4, -0.2) is 53.4 Å². The van der Waals surface area contributed by atoms with Crippen molar-refractivity contribution in [2.75, 3.05) is 43.6 Å². The lowest BCUT2D eigenvalue weighted by Gasteiger charge is -2.23. The Kier molecular flexibility index (Phi) is 5.81. The average molecular weight is 347 g/mol. The number of likely N-dealkylation sites (N-methyl/N-ethyl adjacent to an activating group) is 1. The Balaban J connectivity index is 2.03. The standard InChI is InChI=1S/C16H22FN7O/c1-10(14-20-15(18)22-16(21-14)23(2)3)24(4)9-13(25)19-12-7-5-11(17)6-8-12/h5-8,10H,9H2,1-4H3,(H,19,25)(H2,18,20,21,22)/t10-/m0/s1. The van der Waals surface area contributed by atoms with Gasteiger partial charge in [0.05, 0.1) is 12.6 Å². The first-order chi connectivity index (χ1) is 11.8. The number of hydrogen-bond acceptors (Lipinski definition) is 7. The number of rotatable bonds is 6. The maximum Gasteiger partial charge on any atom is 0.238 e.